The highest BCUT2D eigenvalue weighted by molar-refractivity contribution is 5.94. The van der Waals surface area contributed by atoms with E-state index in [0.29, 0.717) is 0 Å². The van der Waals surface area contributed by atoms with Crippen LogP contribution in [0.4, 0.5) is 0 Å². The second-order valence-electron chi connectivity index (χ2n) is 5.50. The van der Waals surface area contributed by atoms with Crippen LogP contribution in [0, 0.1) is 0 Å². The second kappa shape index (κ2) is 6.20. The molecule has 19 heavy (non-hydrogen) atoms. The number of carbonyl (C=O) groups excluding carboxylic acids is 1. The van der Waals surface area contributed by atoms with E-state index in [1.165, 1.54) is 11.1 Å². The van der Waals surface area contributed by atoms with E-state index in [0.717, 1.165) is 38.0 Å². The lowest BCUT2D eigenvalue weighted by atomic mass is 9.98. The molecule has 0 bridgehead atoms. The highest BCUT2D eigenvalue weighted by Crippen LogP contribution is 2.18. The fourth-order valence-electron chi connectivity index (χ4n) is 2.61. The maximum absolute atomic E-state index is 12.6. The van der Waals surface area contributed by atoms with E-state index in [4.69, 9.17) is 0 Å². The molecule has 104 valence electrons. The minimum Gasteiger partial charge on any atom is -0.336 e. The number of benzene rings is 1. The molecule has 0 spiro atoms. The second-order valence-corrected chi connectivity index (χ2v) is 5.50. The van der Waals surface area contributed by atoms with Gasteiger partial charge >= 0.3 is 0 Å². The molecule has 3 heteroatoms. The van der Waals surface area contributed by atoms with E-state index in [2.05, 4.69) is 38.2 Å². The van der Waals surface area contributed by atoms with Gasteiger partial charge in [0.1, 0.15) is 0 Å². The van der Waals surface area contributed by atoms with Gasteiger partial charge in [0.15, 0.2) is 0 Å². The lowest BCUT2D eigenvalue weighted by molar-refractivity contribution is 0.0706. The van der Waals surface area contributed by atoms with Crippen LogP contribution in [-0.4, -0.2) is 29.9 Å². The van der Waals surface area contributed by atoms with Gasteiger partial charge in [-0.25, -0.2) is 0 Å². The smallest absolute Gasteiger partial charge is 0.254 e. The molecule has 1 aliphatic heterocycles. The van der Waals surface area contributed by atoms with Crippen molar-refractivity contribution in [2.24, 2.45) is 0 Å². The lowest BCUT2D eigenvalue weighted by Crippen LogP contribution is -2.37. The number of rotatable bonds is 4. The molecule has 1 amide bonds. The molecule has 0 unspecified atom stereocenters. The molecule has 0 saturated carbocycles. The fourth-order valence-corrected chi connectivity index (χ4v) is 2.61. The predicted octanol–water partition coefficient (Wildman–Crippen LogP) is 2.59. The Bertz CT molecular complexity index is 454. The standard InChI is InChI=1S/C16H24N2O/c1-4-9-18(12(2)3)16(19)14-6-5-13-7-8-17-11-15(13)10-14/h5-6,10,12,17H,4,7-9,11H2,1-3H3. The molecule has 1 N–H and O–H groups in total. The molecule has 1 aromatic rings. The van der Waals surface area contributed by atoms with Gasteiger partial charge < -0.3 is 10.2 Å². The zero-order valence-electron chi connectivity index (χ0n) is 12.2. The maximum Gasteiger partial charge on any atom is 0.254 e. The van der Waals surface area contributed by atoms with Crippen LogP contribution in [0.15, 0.2) is 18.2 Å². The van der Waals surface area contributed by atoms with Crippen LogP contribution in [0.25, 0.3) is 0 Å². The Hall–Kier alpha value is -1.35. The molecule has 1 aliphatic rings. The summed E-state index contributed by atoms with van der Waals surface area (Å²) in [5.74, 6) is 0.158. The van der Waals surface area contributed by atoms with E-state index in [-0.39, 0.29) is 11.9 Å². The Morgan fingerprint density at radius 2 is 2.16 bits per heavy atom. The van der Waals surface area contributed by atoms with Gasteiger partial charge in [-0.3, -0.25) is 4.79 Å². The quantitative estimate of drug-likeness (QED) is 0.902. The van der Waals surface area contributed by atoms with Gasteiger partial charge in [0.05, 0.1) is 0 Å². The highest BCUT2D eigenvalue weighted by Gasteiger charge is 2.19. The van der Waals surface area contributed by atoms with Crippen LogP contribution < -0.4 is 5.32 Å². The van der Waals surface area contributed by atoms with E-state index < -0.39 is 0 Å². The summed E-state index contributed by atoms with van der Waals surface area (Å²) >= 11 is 0. The summed E-state index contributed by atoms with van der Waals surface area (Å²) in [5.41, 5.74) is 3.48. The summed E-state index contributed by atoms with van der Waals surface area (Å²) in [5, 5.41) is 3.36. The molecule has 0 saturated heterocycles. The average molecular weight is 260 g/mol. The third-order valence-electron chi connectivity index (χ3n) is 3.69. The Morgan fingerprint density at radius 3 is 2.84 bits per heavy atom. The third-order valence-corrected chi connectivity index (χ3v) is 3.69. The maximum atomic E-state index is 12.6. The first-order chi connectivity index (χ1) is 9.13. The van der Waals surface area contributed by atoms with Gasteiger partial charge in [0, 0.05) is 24.7 Å². The van der Waals surface area contributed by atoms with Crippen molar-refractivity contribution in [2.45, 2.75) is 46.2 Å². The topological polar surface area (TPSA) is 32.3 Å². The number of carbonyl (C=O) groups is 1. The average Bonchev–Trinajstić information content (AvgIpc) is 2.43. The summed E-state index contributed by atoms with van der Waals surface area (Å²) in [6, 6.07) is 6.42. The SMILES string of the molecule is CCCN(C(=O)c1ccc2c(c1)CNCC2)C(C)C. The number of hydrogen-bond acceptors (Lipinski definition) is 2. The third kappa shape index (κ3) is 3.16. The van der Waals surface area contributed by atoms with Gasteiger partial charge in [-0.1, -0.05) is 13.0 Å². The van der Waals surface area contributed by atoms with Crippen molar-refractivity contribution in [3.05, 3.63) is 34.9 Å². The summed E-state index contributed by atoms with van der Waals surface area (Å²) in [7, 11) is 0. The molecule has 2 rings (SSSR count). The normalized spacial score (nSPS) is 14.3. The summed E-state index contributed by atoms with van der Waals surface area (Å²) < 4.78 is 0. The van der Waals surface area contributed by atoms with Crippen molar-refractivity contribution in [3.63, 3.8) is 0 Å². The van der Waals surface area contributed by atoms with Crippen LogP contribution in [0.2, 0.25) is 0 Å². The minimum atomic E-state index is 0.158. The molecule has 0 aromatic heterocycles. The molecule has 1 aromatic carbocycles. The van der Waals surface area contributed by atoms with Crippen molar-refractivity contribution in [1.29, 1.82) is 0 Å². The summed E-state index contributed by atoms with van der Waals surface area (Å²) in [6.45, 7) is 9.01. The summed E-state index contributed by atoms with van der Waals surface area (Å²) in [4.78, 5) is 14.5. The van der Waals surface area contributed by atoms with Crippen LogP contribution >= 0.6 is 0 Å². The number of hydrogen-bond donors (Lipinski definition) is 1. The van der Waals surface area contributed by atoms with Crippen molar-refractivity contribution >= 4 is 5.91 Å². The minimum absolute atomic E-state index is 0.158. The molecule has 0 radical (unpaired) electrons. The Kier molecular flexibility index (Phi) is 4.59. The molecule has 0 aliphatic carbocycles. The lowest BCUT2D eigenvalue weighted by Gasteiger charge is -2.27. The largest absolute Gasteiger partial charge is 0.336 e. The van der Waals surface area contributed by atoms with E-state index >= 15 is 0 Å². The Balaban J connectivity index is 2.22. The van der Waals surface area contributed by atoms with E-state index in [1.54, 1.807) is 0 Å². The molecule has 0 fully saturated rings. The first kappa shape index (κ1) is 14.1. The van der Waals surface area contributed by atoms with Crippen molar-refractivity contribution in [1.82, 2.24) is 10.2 Å². The first-order valence-corrected chi connectivity index (χ1v) is 7.27. The number of fused-ring (bicyclic) bond motifs is 1. The summed E-state index contributed by atoms with van der Waals surface area (Å²) in [6.07, 6.45) is 2.06. The van der Waals surface area contributed by atoms with Crippen LogP contribution in [0.1, 0.15) is 48.7 Å². The predicted molar refractivity (Wildman–Crippen MR) is 78.3 cm³/mol. The molecular formula is C16H24N2O. The van der Waals surface area contributed by atoms with Crippen molar-refractivity contribution in [3.8, 4) is 0 Å². The van der Waals surface area contributed by atoms with E-state index in [9.17, 15) is 4.79 Å². The Morgan fingerprint density at radius 1 is 1.37 bits per heavy atom. The Labute approximate surface area is 116 Å². The molecule has 0 atom stereocenters. The fraction of sp³-hybridized carbons (Fsp3) is 0.562. The van der Waals surface area contributed by atoms with Gasteiger partial charge in [-0.2, -0.15) is 0 Å². The van der Waals surface area contributed by atoms with Gasteiger partial charge in [-0.15, -0.1) is 0 Å². The van der Waals surface area contributed by atoms with Crippen molar-refractivity contribution in [2.75, 3.05) is 13.1 Å². The number of amides is 1. The molecular weight excluding hydrogens is 236 g/mol. The van der Waals surface area contributed by atoms with Gasteiger partial charge in [-0.05, 0) is 56.5 Å². The van der Waals surface area contributed by atoms with Crippen molar-refractivity contribution < 1.29 is 4.79 Å². The monoisotopic (exact) mass is 260 g/mol. The first-order valence-electron chi connectivity index (χ1n) is 7.27. The van der Waals surface area contributed by atoms with Crippen LogP contribution in [0.5, 0.6) is 0 Å². The highest BCUT2D eigenvalue weighted by atomic mass is 16.2. The van der Waals surface area contributed by atoms with Crippen LogP contribution in [-0.2, 0) is 13.0 Å². The zero-order chi connectivity index (χ0) is 13.8. The zero-order valence-corrected chi connectivity index (χ0v) is 12.2. The number of nitrogens with zero attached hydrogens (tertiary/aromatic N) is 1. The van der Waals surface area contributed by atoms with Crippen LogP contribution in [0.3, 0.4) is 0 Å². The molecule has 3 nitrogen and oxygen atoms in total. The van der Waals surface area contributed by atoms with Gasteiger partial charge in [0.25, 0.3) is 5.91 Å². The van der Waals surface area contributed by atoms with Gasteiger partial charge in [0.2, 0.25) is 0 Å². The van der Waals surface area contributed by atoms with E-state index in [1.807, 2.05) is 11.0 Å². The molecule has 1 heterocycles. The number of nitrogens with one attached hydrogen (secondary N) is 1.